The molecule has 0 atom stereocenters. The number of nitrogens with zero attached hydrogens (tertiary/aromatic N) is 2. The van der Waals surface area contributed by atoms with Gasteiger partial charge in [-0.2, -0.15) is 0 Å². The summed E-state index contributed by atoms with van der Waals surface area (Å²) < 4.78 is 13.7. The van der Waals surface area contributed by atoms with E-state index in [2.05, 4.69) is 19.2 Å². The highest BCUT2D eigenvalue weighted by molar-refractivity contribution is 5.85. The van der Waals surface area contributed by atoms with Crippen LogP contribution in [0.1, 0.15) is 25.8 Å². The summed E-state index contributed by atoms with van der Waals surface area (Å²) in [6.07, 6.45) is 0.916. The Hall–Kier alpha value is -2.11. The minimum absolute atomic E-state index is 0.0602. The number of rotatable bonds is 7. The lowest BCUT2D eigenvalue weighted by Gasteiger charge is -2.18. The van der Waals surface area contributed by atoms with E-state index in [-0.39, 0.29) is 30.8 Å². The molecule has 1 aliphatic rings. The third-order valence-corrected chi connectivity index (χ3v) is 3.88. The number of amides is 3. The van der Waals surface area contributed by atoms with E-state index in [1.54, 1.807) is 23.1 Å². The summed E-state index contributed by atoms with van der Waals surface area (Å²) in [6.45, 7) is 6.10. The molecule has 0 spiro atoms. The summed E-state index contributed by atoms with van der Waals surface area (Å²) in [6, 6.07) is 6.21. The van der Waals surface area contributed by atoms with Gasteiger partial charge >= 0.3 is 6.03 Å². The van der Waals surface area contributed by atoms with Gasteiger partial charge in [-0.15, -0.1) is 0 Å². The molecule has 3 amide bonds. The average molecular weight is 321 g/mol. The molecular formula is C17H24FN3O2. The van der Waals surface area contributed by atoms with Crippen LogP contribution in [0.3, 0.4) is 0 Å². The Morgan fingerprint density at radius 3 is 2.65 bits per heavy atom. The van der Waals surface area contributed by atoms with Gasteiger partial charge in [0.25, 0.3) is 0 Å². The summed E-state index contributed by atoms with van der Waals surface area (Å²) in [5.74, 6) is 0.0666. The van der Waals surface area contributed by atoms with Crippen LogP contribution < -0.4 is 5.32 Å². The van der Waals surface area contributed by atoms with Gasteiger partial charge < -0.3 is 15.1 Å². The molecule has 1 N–H and O–H groups in total. The van der Waals surface area contributed by atoms with Gasteiger partial charge in [0.05, 0.1) is 6.54 Å². The van der Waals surface area contributed by atoms with Crippen LogP contribution in [0.25, 0.3) is 0 Å². The van der Waals surface area contributed by atoms with E-state index >= 15 is 0 Å². The first-order valence-electron chi connectivity index (χ1n) is 8.01. The van der Waals surface area contributed by atoms with Gasteiger partial charge in [0, 0.05) is 25.2 Å². The van der Waals surface area contributed by atoms with Crippen LogP contribution in [0, 0.1) is 11.7 Å². The van der Waals surface area contributed by atoms with Gasteiger partial charge in [-0.25, -0.2) is 9.18 Å². The second-order valence-electron chi connectivity index (χ2n) is 6.25. The van der Waals surface area contributed by atoms with E-state index in [9.17, 15) is 14.0 Å². The third-order valence-electron chi connectivity index (χ3n) is 3.88. The van der Waals surface area contributed by atoms with Crippen LogP contribution in [0.2, 0.25) is 0 Å². The molecule has 1 aromatic carbocycles. The quantitative estimate of drug-likeness (QED) is 0.837. The molecule has 6 heteroatoms. The Morgan fingerprint density at radius 1 is 1.26 bits per heavy atom. The van der Waals surface area contributed by atoms with Gasteiger partial charge in [-0.3, -0.25) is 4.79 Å². The van der Waals surface area contributed by atoms with Gasteiger partial charge in [0.15, 0.2) is 0 Å². The fraction of sp³-hybridized carbons (Fsp3) is 0.529. The molecule has 5 nitrogen and oxygen atoms in total. The molecule has 0 saturated carbocycles. The van der Waals surface area contributed by atoms with Gasteiger partial charge in [-0.05, 0) is 18.4 Å². The lowest BCUT2D eigenvalue weighted by molar-refractivity contribution is -0.121. The molecule has 23 heavy (non-hydrogen) atoms. The molecule has 0 aliphatic carbocycles. The number of hydrogen-bond acceptors (Lipinski definition) is 2. The maximum Gasteiger partial charge on any atom is 0.320 e. The van der Waals surface area contributed by atoms with Crippen molar-refractivity contribution in [3.63, 3.8) is 0 Å². The lowest BCUT2D eigenvalue weighted by atomic mass is 10.1. The zero-order valence-corrected chi connectivity index (χ0v) is 13.7. The molecule has 1 aliphatic heterocycles. The average Bonchev–Trinajstić information content (AvgIpc) is 2.82. The highest BCUT2D eigenvalue weighted by atomic mass is 19.1. The summed E-state index contributed by atoms with van der Waals surface area (Å²) in [4.78, 5) is 27.2. The van der Waals surface area contributed by atoms with E-state index in [4.69, 9.17) is 0 Å². The number of hydrogen-bond donors (Lipinski definition) is 1. The van der Waals surface area contributed by atoms with E-state index in [0.717, 1.165) is 6.42 Å². The van der Waals surface area contributed by atoms with Gasteiger partial charge in [0.1, 0.15) is 12.4 Å². The molecule has 1 aromatic rings. The Morgan fingerprint density at radius 2 is 1.96 bits per heavy atom. The van der Waals surface area contributed by atoms with Crippen LogP contribution >= 0.6 is 0 Å². The van der Waals surface area contributed by atoms with Crippen molar-refractivity contribution in [1.82, 2.24) is 15.1 Å². The summed E-state index contributed by atoms with van der Waals surface area (Å²) in [5.41, 5.74) is 0.490. The van der Waals surface area contributed by atoms with Crippen molar-refractivity contribution in [2.24, 2.45) is 5.92 Å². The number of carbonyl (C=O) groups excluding carboxylic acids is 2. The van der Waals surface area contributed by atoms with Crippen LogP contribution in [-0.4, -0.2) is 47.9 Å². The van der Waals surface area contributed by atoms with Crippen molar-refractivity contribution in [1.29, 1.82) is 0 Å². The van der Waals surface area contributed by atoms with E-state index in [1.165, 1.54) is 11.0 Å². The Balaban J connectivity index is 1.82. The van der Waals surface area contributed by atoms with Crippen LogP contribution in [0.15, 0.2) is 24.3 Å². The molecule has 0 radical (unpaired) electrons. The summed E-state index contributed by atoms with van der Waals surface area (Å²) >= 11 is 0. The van der Waals surface area contributed by atoms with E-state index in [0.29, 0.717) is 31.1 Å². The number of benzene rings is 1. The second-order valence-corrected chi connectivity index (χ2v) is 6.25. The topological polar surface area (TPSA) is 52.7 Å². The number of halogens is 1. The largest absolute Gasteiger partial charge is 0.355 e. The first-order valence-corrected chi connectivity index (χ1v) is 8.01. The zero-order chi connectivity index (χ0) is 16.8. The van der Waals surface area contributed by atoms with Crippen molar-refractivity contribution in [2.75, 3.05) is 26.2 Å². The highest BCUT2D eigenvalue weighted by Gasteiger charge is 2.30. The monoisotopic (exact) mass is 321 g/mol. The molecule has 1 fully saturated rings. The lowest BCUT2D eigenvalue weighted by Crippen LogP contribution is -2.40. The third kappa shape index (κ3) is 4.94. The van der Waals surface area contributed by atoms with Crippen molar-refractivity contribution in [2.45, 2.75) is 26.8 Å². The smallest absolute Gasteiger partial charge is 0.320 e. The molecule has 1 heterocycles. The highest BCUT2D eigenvalue weighted by Crippen LogP contribution is 2.15. The molecule has 126 valence electrons. The number of urea groups is 1. The molecule has 0 unspecified atom stereocenters. The van der Waals surface area contributed by atoms with Gasteiger partial charge in [0.2, 0.25) is 5.91 Å². The maximum absolute atomic E-state index is 13.7. The Kier molecular flexibility index (Phi) is 5.96. The fourth-order valence-electron chi connectivity index (χ4n) is 2.49. The predicted octanol–water partition coefficient (Wildman–Crippen LogP) is 2.23. The molecule has 0 aromatic heterocycles. The predicted molar refractivity (Wildman–Crippen MR) is 86.2 cm³/mol. The SMILES string of the molecule is CC(C)CCNC(=O)CN1CCN(Cc2ccccc2F)C1=O. The summed E-state index contributed by atoms with van der Waals surface area (Å²) in [5, 5.41) is 2.82. The minimum atomic E-state index is -0.315. The Labute approximate surface area is 136 Å². The van der Waals surface area contributed by atoms with Gasteiger partial charge in [-0.1, -0.05) is 32.0 Å². The number of nitrogens with one attached hydrogen (secondary N) is 1. The van der Waals surface area contributed by atoms with E-state index in [1.807, 2.05) is 0 Å². The van der Waals surface area contributed by atoms with Crippen molar-refractivity contribution in [3.05, 3.63) is 35.6 Å². The fourth-order valence-corrected chi connectivity index (χ4v) is 2.49. The molecular weight excluding hydrogens is 297 g/mol. The normalized spacial score (nSPS) is 14.7. The minimum Gasteiger partial charge on any atom is -0.355 e. The van der Waals surface area contributed by atoms with Crippen LogP contribution in [0.4, 0.5) is 9.18 Å². The zero-order valence-electron chi connectivity index (χ0n) is 13.7. The first kappa shape index (κ1) is 17.2. The first-order chi connectivity index (χ1) is 11.0. The number of carbonyl (C=O) groups is 2. The maximum atomic E-state index is 13.7. The molecule has 2 rings (SSSR count). The molecule has 0 bridgehead atoms. The van der Waals surface area contributed by atoms with E-state index < -0.39 is 0 Å². The van der Waals surface area contributed by atoms with Crippen molar-refractivity contribution >= 4 is 11.9 Å². The van der Waals surface area contributed by atoms with Crippen LogP contribution in [-0.2, 0) is 11.3 Å². The Bertz CT molecular complexity index is 563. The summed E-state index contributed by atoms with van der Waals surface area (Å²) in [7, 11) is 0. The standard InChI is InChI=1S/C17H24FN3O2/c1-13(2)7-8-19-16(22)12-21-10-9-20(17(21)23)11-14-5-3-4-6-15(14)18/h3-6,13H,7-12H2,1-2H3,(H,19,22). The van der Waals surface area contributed by atoms with Crippen molar-refractivity contribution in [3.8, 4) is 0 Å². The molecule has 1 saturated heterocycles. The second kappa shape index (κ2) is 7.94. The van der Waals surface area contributed by atoms with Crippen molar-refractivity contribution < 1.29 is 14.0 Å². The van der Waals surface area contributed by atoms with Crippen LogP contribution in [0.5, 0.6) is 0 Å².